The van der Waals surface area contributed by atoms with Crippen LogP contribution in [0.25, 0.3) is 0 Å². The lowest BCUT2D eigenvalue weighted by Crippen LogP contribution is -2.36. The molecule has 1 fully saturated rings. The van der Waals surface area contributed by atoms with E-state index in [1.54, 1.807) is 6.07 Å². The molecule has 1 aromatic heterocycles. The molecule has 0 N–H and O–H groups in total. The molecule has 0 spiro atoms. The van der Waals surface area contributed by atoms with Crippen LogP contribution in [-0.2, 0) is 14.3 Å². The summed E-state index contributed by atoms with van der Waals surface area (Å²) in [6, 6.07) is 8.65. The maximum absolute atomic E-state index is 13.2. The van der Waals surface area contributed by atoms with Crippen LogP contribution in [0.1, 0.15) is 39.3 Å². The Morgan fingerprint density at radius 3 is 2.27 bits per heavy atom. The van der Waals surface area contributed by atoms with E-state index in [-0.39, 0.29) is 19.2 Å². The van der Waals surface area contributed by atoms with Gasteiger partial charge in [-0.1, -0.05) is 5.16 Å². The summed E-state index contributed by atoms with van der Waals surface area (Å²) in [7, 11) is 4.58. The molecule has 0 bridgehead atoms. The van der Waals surface area contributed by atoms with Gasteiger partial charge in [-0.25, -0.2) is 4.79 Å². The summed E-state index contributed by atoms with van der Waals surface area (Å²) >= 11 is 0. The van der Waals surface area contributed by atoms with Crippen molar-refractivity contribution < 1.29 is 47.3 Å². The molecular formula is C26H23NO10. The minimum Gasteiger partial charge on any atom is -0.493 e. The van der Waals surface area contributed by atoms with Crippen molar-refractivity contribution in [3.63, 3.8) is 0 Å². The van der Waals surface area contributed by atoms with Gasteiger partial charge in [-0.05, 0) is 35.4 Å². The highest BCUT2D eigenvalue weighted by Crippen LogP contribution is 2.56. The third-order valence-electron chi connectivity index (χ3n) is 7.04. The SMILES string of the molecule is COc1cc(C2c3cc4c(cc3[C@H](OC(=O)c3ccno3)[C@H]3COC(=O)C23)OCO4)cc(OC)c1OC. The summed E-state index contributed by atoms with van der Waals surface area (Å²) < 4.78 is 44.3. The highest BCUT2D eigenvalue weighted by molar-refractivity contribution is 5.86. The van der Waals surface area contributed by atoms with Gasteiger partial charge in [0.15, 0.2) is 23.0 Å². The van der Waals surface area contributed by atoms with Crippen LogP contribution in [0.15, 0.2) is 41.1 Å². The van der Waals surface area contributed by atoms with Crippen LogP contribution in [0.2, 0.25) is 0 Å². The van der Waals surface area contributed by atoms with Crippen molar-refractivity contribution in [2.45, 2.75) is 12.0 Å². The largest absolute Gasteiger partial charge is 0.493 e. The van der Waals surface area contributed by atoms with Crippen molar-refractivity contribution in [1.82, 2.24) is 5.16 Å². The molecule has 3 aromatic rings. The zero-order valence-corrected chi connectivity index (χ0v) is 20.2. The van der Waals surface area contributed by atoms with E-state index in [9.17, 15) is 9.59 Å². The summed E-state index contributed by atoms with van der Waals surface area (Å²) in [4.78, 5) is 26.1. The van der Waals surface area contributed by atoms with Gasteiger partial charge in [-0.2, -0.15) is 0 Å². The third kappa shape index (κ3) is 3.61. The monoisotopic (exact) mass is 509 g/mol. The van der Waals surface area contributed by atoms with Crippen LogP contribution >= 0.6 is 0 Å². The van der Waals surface area contributed by atoms with Crippen LogP contribution in [0.3, 0.4) is 0 Å². The van der Waals surface area contributed by atoms with E-state index in [4.69, 9.17) is 37.7 Å². The number of carbonyl (C=O) groups is 2. The van der Waals surface area contributed by atoms with Crippen LogP contribution < -0.4 is 23.7 Å². The van der Waals surface area contributed by atoms with E-state index in [1.165, 1.54) is 33.6 Å². The first-order valence-electron chi connectivity index (χ1n) is 11.6. The van der Waals surface area contributed by atoms with Gasteiger partial charge in [0.05, 0.1) is 40.1 Å². The Kier molecular flexibility index (Phi) is 5.54. The van der Waals surface area contributed by atoms with Gasteiger partial charge in [0.2, 0.25) is 18.3 Å². The molecule has 2 unspecified atom stereocenters. The fraction of sp³-hybridized carbons (Fsp3) is 0.346. The lowest BCUT2D eigenvalue weighted by molar-refractivity contribution is -0.141. The second kappa shape index (κ2) is 8.91. The Morgan fingerprint density at radius 2 is 1.65 bits per heavy atom. The second-order valence-electron chi connectivity index (χ2n) is 8.79. The third-order valence-corrected chi connectivity index (χ3v) is 7.04. The molecule has 0 radical (unpaired) electrons. The molecule has 37 heavy (non-hydrogen) atoms. The molecule has 2 aromatic carbocycles. The number of carbonyl (C=O) groups excluding carboxylic acids is 2. The quantitative estimate of drug-likeness (QED) is 0.455. The smallest absolute Gasteiger partial charge is 0.377 e. The predicted molar refractivity (Wildman–Crippen MR) is 123 cm³/mol. The highest BCUT2D eigenvalue weighted by Gasteiger charge is 2.54. The number of esters is 2. The molecule has 3 aliphatic rings. The maximum Gasteiger partial charge on any atom is 0.377 e. The number of fused-ring (bicyclic) bond motifs is 3. The number of hydrogen-bond acceptors (Lipinski definition) is 11. The van der Waals surface area contributed by atoms with Crippen LogP contribution in [0.5, 0.6) is 28.7 Å². The Hall–Kier alpha value is -4.41. The van der Waals surface area contributed by atoms with Crippen molar-refractivity contribution in [2.75, 3.05) is 34.7 Å². The fourth-order valence-corrected chi connectivity index (χ4v) is 5.44. The first-order valence-corrected chi connectivity index (χ1v) is 11.6. The molecule has 3 heterocycles. The molecule has 0 saturated carbocycles. The molecule has 6 rings (SSSR count). The van der Waals surface area contributed by atoms with Crippen molar-refractivity contribution in [3.8, 4) is 28.7 Å². The molecular weight excluding hydrogens is 486 g/mol. The number of ether oxygens (including phenoxy) is 7. The van der Waals surface area contributed by atoms with Crippen LogP contribution in [-0.4, -0.2) is 51.8 Å². The molecule has 192 valence electrons. The average Bonchev–Trinajstić information content (AvgIpc) is 3.68. The normalized spacial score (nSPS) is 23.1. The van der Waals surface area contributed by atoms with Crippen LogP contribution in [0, 0.1) is 11.8 Å². The first kappa shape index (κ1) is 23.0. The number of cyclic esters (lactones) is 1. The Balaban J connectivity index is 1.54. The number of hydrogen-bond donors (Lipinski definition) is 0. The van der Waals surface area contributed by atoms with E-state index >= 15 is 0 Å². The van der Waals surface area contributed by atoms with Gasteiger partial charge in [0.25, 0.3) is 0 Å². The molecule has 1 saturated heterocycles. The number of methoxy groups -OCH3 is 3. The summed E-state index contributed by atoms with van der Waals surface area (Å²) in [5, 5.41) is 3.58. The Labute approximate surface area is 211 Å². The molecule has 4 atom stereocenters. The zero-order chi connectivity index (χ0) is 25.7. The van der Waals surface area contributed by atoms with Gasteiger partial charge >= 0.3 is 11.9 Å². The predicted octanol–water partition coefficient (Wildman–Crippen LogP) is 3.26. The lowest BCUT2D eigenvalue weighted by atomic mass is 9.66. The molecule has 1 aliphatic carbocycles. The van der Waals surface area contributed by atoms with E-state index in [0.717, 1.165) is 11.1 Å². The standard InChI is InChI=1S/C26H23NO10/c1-30-19-6-12(7-20(31-2)24(19)32-3)21-13-8-17-18(35-11-34-17)9-14(13)23(15-10-33-26(29)22(15)21)36-25(28)16-4-5-27-37-16/h4-9,15,21-23H,10-11H2,1-3H3/t15-,21?,22?,23-/m0/s1. The van der Waals surface area contributed by atoms with Gasteiger partial charge in [0, 0.05) is 23.5 Å². The Morgan fingerprint density at radius 1 is 0.946 bits per heavy atom. The van der Waals surface area contributed by atoms with Crippen molar-refractivity contribution in [1.29, 1.82) is 0 Å². The minimum atomic E-state index is -0.808. The average molecular weight is 509 g/mol. The summed E-state index contributed by atoms with van der Waals surface area (Å²) in [6.07, 6.45) is 0.548. The molecule has 11 heteroatoms. The van der Waals surface area contributed by atoms with E-state index in [1.807, 2.05) is 18.2 Å². The summed E-state index contributed by atoms with van der Waals surface area (Å²) in [5.74, 6) is -0.396. The number of benzene rings is 2. The number of nitrogens with zero attached hydrogens (tertiary/aromatic N) is 1. The lowest BCUT2D eigenvalue weighted by Gasteiger charge is -2.38. The minimum absolute atomic E-state index is 0.0455. The second-order valence-corrected chi connectivity index (χ2v) is 8.79. The van der Waals surface area contributed by atoms with Crippen molar-refractivity contribution in [2.24, 2.45) is 11.8 Å². The van der Waals surface area contributed by atoms with Gasteiger partial charge in [-0.15, -0.1) is 0 Å². The maximum atomic E-state index is 13.2. The van der Waals surface area contributed by atoms with E-state index in [2.05, 4.69) is 5.16 Å². The van der Waals surface area contributed by atoms with Gasteiger partial charge in [-0.3, -0.25) is 4.79 Å². The summed E-state index contributed by atoms with van der Waals surface area (Å²) in [5.41, 5.74) is 2.15. The fourth-order valence-electron chi connectivity index (χ4n) is 5.44. The number of aromatic nitrogens is 1. The topological polar surface area (TPSA) is 125 Å². The summed E-state index contributed by atoms with van der Waals surface area (Å²) in [6.45, 7) is 0.136. The molecule has 11 nitrogen and oxygen atoms in total. The van der Waals surface area contributed by atoms with Crippen molar-refractivity contribution >= 4 is 11.9 Å². The Bertz CT molecular complexity index is 1340. The number of rotatable bonds is 6. The van der Waals surface area contributed by atoms with Crippen LogP contribution in [0.4, 0.5) is 0 Å². The van der Waals surface area contributed by atoms with Gasteiger partial charge < -0.3 is 37.7 Å². The highest BCUT2D eigenvalue weighted by atomic mass is 16.7. The van der Waals surface area contributed by atoms with Gasteiger partial charge in [0.1, 0.15) is 6.10 Å². The van der Waals surface area contributed by atoms with Crippen molar-refractivity contribution in [3.05, 3.63) is 59.0 Å². The zero-order valence-electron chi connectivity index (χ0n) is 20.2. The van der Waals surface area contributed by atoms with E-state index < -0.39 is 35.8 Å². The molecule has 2 aliphatic heterocycles. The first-order chi connectivity index (χ1) is 18.0. The molecule has 0 amide bonds. The van der Waals surface area contributed by atoms with E-state index in [0.29, 0.717) is 34.3 Å².